The third-order valence-electron chi connectivity index (χ3n) is 5.32. The zero-order valence-electron chi connectivity index (χ0n) is 15.5. The van der Waals surface area contributed by atoms with Crippen LogP contribution in [0, 0.1) is 5.92 Å². The van der Waals surface area contributed by atoms with Crippen molar-refractivity contribution < 1.29 is 4.79 Å². The molecule has 27 heavy (non-hydrogen) atoms. The van der Waals surface area contributed by atoms with Gasteiger partial charge < -0.3 is 4.90 Å². The molecule has 7 heteroatoms. The Balaban J connectivity index is 1.38. The summed E-state index contributed by atoms with van der Waals surface area (Å²) in [6.07, 6.45) is 6.95. The highest BCUT2D eigenvalue weighted by Crippen LogP contribution is 2.34. The van der Waals surface area contributed by atoms with Gasteiger partial charge in [-0.15, -0.1) is 0 Å². The summed E-state index contributed by atoms with van der Waals surface area (Å²) in [6, 6.07) is 10.3. The molecule has 1 aliphatic heterocycles. The third kappa shape index (κ3) is 3.77. The van der Waals surface area contributed by atoms with E-state index < -0.39 is 0 Å². The Morgan fingerprint density at radius 2 is 2.04 bits per heavy atom. The molecule has 0 saturated carbocycles. The first-order valence-corrected chi connectivity index (χ1v) is 9.42. The lowest BCUT2D eigenvalue weighted by Crippen LogP contribution is -2.41. The molecular weight excluding hydrogens is 340 g/mol. The second kappa shape index (κ2) is 7.73. The number of hydrogen-bond acceptors (Lipinski definition) is 4. The SMILES string of the molecule is C[C@H](Cn1cncn1)C(=O)N1CCC(c2[nH]ncc2-c2ccccc2)CC1. The van der Waals surface area contributed by atoms with Gasteiger partial charge in [-0.25, -0.2) is 4.98 Å². The number of amides is 1. The van der Waals surface area contributed by atoms with E-state index in [2.05, 4.69) is 32.4 Å². The van der Waals surface area contributed by atoms with Crippen molar-refractivity contribution in [1.82, 2.24) is 29.9 Å². The zero-order chi connectivity index (χ0) is 18.6. The number of hydrogen-bond donors (Lipinski definition) is 1. The summed E-state index contributed by atoms with van der Waals surface area (Å²) >= 11 is 0. The zero-order valence-corrected chi connectivity index (χ0v) is 15.5. The van der Waals surface area contributed by atoms with E-state index in [-0.39, 0.29) is 11.8 Å². The van der Waals surface area contributed by atoms with Crippen LogP contribution in [0.3, 0.4) is 0 Å². The van der Waals surface area contributed by atoms with Gasteiger partial charge >= 0.3 is 0 Å². The van der Waals surface area contributed by atoms with Gasteiger partial charge in [-0.2, -0.15) is 10.2 Å². The minimum absolute atomic E-state index is 0.102. The molecule has 1 fully saturated rings. The summed E-state index contributed by atoms with van der Waals surface area (Å²) in [5.41, 5.74) is 3.53. The summed E-state index contributed by atoms with van der Waals surface area (Å²) in [6.45, 7) is 4.08. The smallest absolute Gasteiger partial charge is 0.227 e. The summed E-state index contributed by atoms with van der Waals surface area (Å²) in [5, 5.41) is 11.6. The molecule has 0 unspecified atom stereocenters. The van der Waals surface area contributed by atoms with E-state index in [1.807, 2.05) is 36.2 Å². The molecule has 1 aromatic carbocycles. The van der Waals surface area contributed by atoms with Crippen LogP contribution in [0.1, 0.15) is 31.4 Å². The first-order chi connectivity index (χ1) is 13.2. The lowest BCUT2D eigenvalue weighted by molar-refractivity contribution is -0.136. The van der Waals surface area contributed by atoms with Gasteiger partial charge in [0.25, 0.3) is 0 Å². The Morgan fingerprint density at radius 3 is 2.74 bits per heavy atom. The van der Waals surface area contributed by atoms with E-state index in [9.17, 15) is 4.79 Å². The van der Waals surface area contributed by atoms with Crippen molar-refractivity contribution in [3.05, 3.63) is 54.9 Å². The average Bonchev–Trinajstić information content (AvgIpc) is 3.40. The Labute approximate surface area is 158 Å². The normalized spacial score (nSPS) is 16.4. The molecule has 1 aliphatic rings. The fourth-order valence-corrected chi connectivity index (χ4v) is 3.84. The Bertz CT molecular complexity index is 865. The van der Waals surface area contributed by atoms with Crippen molar-refractivity contribution in [2.24, 2.45) is 5.92 Å². The maximum absolute atomic E-state index is 12.8. The van der Waals surface area contributed by atoms with Crippen LogP contribution in [-0.4, -0.2) is 48.9 Å². The number of aromatic nitrogens is 5. The van der Waals surface area contributed by atoms with Crippen LogP contribution in [0.4, 0.5) is 0 Å². The summed E-state index contributed by atoms with van der Waals surface area (Å²) < 4.78 is 1.71. The predicted molar refractivity (Wildman–Crippen MR) is 102 cm³/mol. The lowest BCUT2D eigenvalue weighted by Gasteiger charge is -2.33. The Kier molecular flexibility index (Phi) is 5.00. The quantitative estimate of drug-likeness (QED) is 0.755. The monoisotopic (exact) mass is 364 g/mol. The second-order valence-electron chi connectivity index (χ2n) is 7.18. The largest absolute Gasteiger partial charge is 0.342 e. The molecule has 0 radical (unpaired) electrons. The first-order valence-electron chi connectivity index (χ1n) is 9.42. The Hall–Kier alpha value is -2.96. The molecule has 4 rings (SSSR count). The fraction of sp³-hybridized carbons (Fsp3) is 0.400. The van der Waals surface area contributed by atoms with Crippen LogP contribution in [0.15, 0.2) is 49.2 Å². The van der Waals surface area contributed by atoms with Crippen LogP contribution in [0.2, 0.25) is 0 Å². The molecule has 3 heterocycles. The van der Waals surface area contributed by atoms with Crippen molar-refractivity contribution in [2.75, 3.05) is 13.1 Å². The van der Waals surface area contributed by atoms with Crippen LogP contribution >= 0.6 is 0 Å². The van der Waals surface area contributed by atoms with Gasteiger partial charge in [0.2, 0.25) is 5.91 Å². The fourth-order valence-electron chi connectivity index (χ4n) is 3.84. The van der Waals surface area contributed by atoms with Gasteiger partial charge in [-0.1, -0.05) is 37.3 Å². The lowest BCUT2D eigenvalue weighted by atomic mass is 9.89. The number of rotatable bonds is 5. The summed E-state index contributed by atoms with van der Waals surface area (Å²) in [5.74, 6) is 0.490. The molecule has 1 saturated heterocycles. The van der Waals surface area contributed by atoms with Crippen molar-refractivity contribution in [3.8, 4) is 11.1 Å². The first kappa shape index (κ1) is 17.5. The van der Waals surface area contributed by atoms with Gasteiger partial charge in [-0.05, 0) is 18.4 Å². The number of H-pyrrole nitrogens is 1. The van der Waals surface area contributed by atoms with Crippen molar-refractivity contribution in [3.63, 3.8) is 0 Å². The van der Waals surface area contributed by atoms with E-state index >= 15 is 0 Å². The van der Waals surface area contributed by atoms with E-state index in [1.54, 1.807) is 11.0 Å². The predicted octanol–water partition coefficient (Wildman–Crippen LogP) is 2.71. The highest BCUT2D eigenvalue weighted by molar-refractivity contribution is 5.78. The van der Waals surface area contributed by atoms with E-state index in [0.29, 0.717) is 12.5 Å². The van der Waals surface area contributed by atoms with Crippen molar-refractivity contribution in [1.29, 1.82) is 0 Å². The van der Waals surface area contributed by atoms with Crippen LogP contribution in [0.5, 0.6) is 0 Å². The van der Waals surface area contributed by atoms with Gasteiger partial charge in [0.1, 0.15) is 12.7 Å². The Morgan fingerprint density at radius 1 is 1.26 bits per heavy atom. The maximum Gasteiger partial charge on any atom is 0.227 e. The number of carbonyl (C=O) groups is 1. The molecule has 1 N–H and O–H groups in total. The number of nitrogens with one attached hydrogen (secondary N) is 1. The van der Waals surface area contributed by atoms with Gasteiger partial charge in [0, 0.05) is 30.3 Å². The van der Waals surface area contributed by atoms with Crippen molar-refractivity contribution in [2.45, 2.75) is 32.2 Å². The number of benzene rings is 1. The minimum Gasteiger partial charge on any atom is -0.342 e. The molecule has 2 aromatic heterocycles. The summed E-state index contributed by atoms with van der Waals surface area (Å²) in [7, 11) is 0. The topological polar surface area (TPSA) is 79.7 Å². The minimum atomic E-state index is -0.102. The number of piperidine rings is 1. The molecule has 140 valence electrons. The molecule has 1 atom stereocenters. The van der Waals surface area contributed by atoms with E-state index in [1.165, 1.54) is 23.1 Å². The maximum atomic E-state index is 12.8. The number of aromatic amines is 1. The van der Waals surface area contributed by atoms with Gasteiger partial charge in [-0.3, -0.25) is 14.6 Å². The number of nitrogens with zero attached hydrogens (tertiary/aromatic N) is 5. The van der Waals surface area contributed by atoms with Crippen LogP contribution < -0.4 is 0 Å². The highest BCUT2D eigenvalue weighted by atomic mass is 16.2. The molecule has 0 spiro atoms. The summed E-state index contributed by atoms with van der Waals surface area (Å²) in [4.78, 5) is 18.7. The number of likely N-dealkylation sites (tertiary alicyclic amines) is 1. The number of carbonyl (C=O) groups excluding carboxylic acids is 1. The third-order valence-corrected chi connectivity index (χ3v) is 5.32. The van der Waals surface area contributed by atoms with Crippen molar-refractivity contribution >= 4 is 5.91 Å². The molecule has 3 aromatic rings. The van der Waals surface area contributed by atoms with Gasteiger partial charge in [0.05, 0.1) is 18.7 Å². The molecular formula is C20H24N6O. The highest BCUT2D eigenvalue weighted by Gasteiger charge is 2.28. The molecule has 7 nitrogen and oxygen atoms in total. The van der Waals surface area contributed by atoms with Gasteiger partial charge in [0.15, 0.2) is 0 Å². The molecule has 0 aliphatic carbocycles. The van der Waals surface area contributed by atoms with Crippen LogP contribution in [0.25, 0.3) is 11.1 Å². The standard InChI is InChI=1S/C20H24N6O/c1-15(12-26-14-21-13-23-26)20(27)25-9-7-17(8-10-25)19-18(11-22-24-19)16-5-3-2-4-6-16/h2-6,11,13-15,17H,7-10,12H2,1H3,(H,22,24)/t15-/m1/s1. The van der Waals surface area contributed by atoms with E-state index in [4.69, 9.17) is 0 Å². The second-order valence-corrected chi connectivity index (χ2v) is 7.18. The molecule has 1 amide bonds. The molecule has 0 bridgehead atoms. The van der Waals surface area contributed by atoms with E-state index in [0.717, 1.165) is 25.9 Å². The average molecular weight is 364 g/mol. The van der Waals surface area contributed by atoms with Crippen LogP contribution in [-0.2, 0) is 11.3 Å².